The topological polar surface area (TPSA) is 63.1 Å². The number of nitrogens with zero attached hydrogens (tertiary/aromatic N) is 4. The van der Waals surface area contributed by atoms with E-state index < -0.39 is 0 Å². The molecule has 0 saturated carbocycles. The molecule has 3 aromatic rings. The lowest BCUT2D eigenvalue weighted by Gasteiger charge is -2.26. The van der Waals surface area contributed by atoms with Crippen molar-refractivity contribution in [1.29, 1.82) is 0 Å². The number of halogens is 1. The first-order valence-electron chi connectivity index (χ1n) is 11.0. The highest BCUT2D eigenvalue weighted by molar-refractivity contribution is 8.00. The van der Waals surface area contributed by atoms with Gasteiger partial charge in [0.25, 0.3) is 0 Å². The van der Waals surface area contributed by atoms with Gasteiger partial charge in [0, 0.05) is 17.3 Å². The minimum absolute atomic E-state index is 0.0601. The number of hydrogen-bond acceptors (Lipinski definition) is 5. The summed E-state index contributed by atoms with van der Waals surface area (Å²) in [6, 6.07) is 17.6. The highest BCUT2D eigenvalue weighted by Crippen LogP contribution is 2.27. The van der Waals surface area contributed by atoms with Crippen molar-refractivity contribution in [3.8, 4) is 5.69 Å². The first-order valence-corrected chi connectivity index (χ1v) is 12.3. The first kappa shape index (κ1) is 22.8. The summed E-state index contributed by atoms with van der Waals surface area (Å²) in [5.74, 6) is 0.847. The molecule has 1 N–H and O–H groups in total. The molecule has 0 aliphatic carbocycles. The Labute approximate surface area is 198 Å². The monoisotopic (exact) mass is 469 g/mol. The molecule has 1 aliphatic rings. The van der Waals surface area contributed by atoms with E-state index in [1.807, 2.05) is 49.4 Å². The fourth-order valence-electron chi connectivity index (χ4n) is 3.81. The quantitative estimate of drug-likeness (QED) is 0.484. The predicted molar refractivity (Wildman–Crippen MR) is 129 cm³/mol. The lowest BCUT2D eigenvalue weighted by molar-refractivity contribution is -0.120. The summed E-state index contributed by atoms with van der Waals surface area (Å²) in [6.07, 6.45) is 3.75. The lowest BCUT2D eigenvalue weighted by Crippen LogP contribution is -2.31. The van der Waals surface area contributed by atoms with Gasteiger partial charge in [0.05, 0.1) is 11.8 Å². The molecule has 1 unspecified atom stereocenters. The van der Waals surface area contributed by atoms with Crippen molar-refractivity contribution < 1.29 is 4.79 Å². The van der Waals surface area contributed by atoms with Crippen molar-refractivity contribution in [2.75, 3.05) is 13.1 Å². The van der Waals surface area contributed by atoms with Gasteiger partial charge in [-0.1, -0.05) is 66.2 Å². The summed E-state index contributed by atoms with van der Waals surface area (Å²) in [5, 5.41) is 13.0. The summed E-state index contributed by atoms with van der Waals surface area (Å²) in [4.78, 5) is 15.2. The molecule has 1 aromatic heterocycles. The Morgan fingerprint density at radius 2 is 1.78 bits per heavy atom. The second-order valence-corrected chi connectivity index (χ2v) is 9.69. The number of rotatable bonds is 8. The Hall–Kier alpha value is -2.35. The van der Waals surface area contributed by atoms with Gasteiger partial charge in [0.1, 0.15) is 0 Å². The highest BCUT2D eigenvalue weighted by Gasteiger charge is 2.22. The van der Waals surface area contributed by atoms with Gasteiger partial charge in [-0.05, 0) is 56.6 Å². The lowest BCUT2D eigenvalue weighted by atomic mass is 10.1. The number of amides is 1. The Bertz CT molecular complexity index is 1040. The Balaban J connectivity index is 1.48. The molecule has 168 valence electrons. The van der Waals surface area contributed by atoms with E-state index >= 15 is 0 Å². The van der Waals surface area contributed by atoms with Crippen LogP contribution in [0, 0.1) is 0 Å². The maximum Gasteiger partial charge on any atom is 0.233 e. The van der Waals surface area contributed by atoms with Crippen molar-refractivity contribution >= 4 is 29.3 Å². The number of thioether (sulfide) groups is 1. The van der Waals surface area contributed by atoms with Crippen LogP contribution in [-0.4, -0.2) is 43.9 Å². The summed E-state index contributed by atoms with van der Waals surface area (Å²) in [5.41, 5.74) is 1.91. The summed E-state index contributed by atoms with van der Waals surface area (Å²) in [7, 11) is 0. The van der Waals surface area contributed by atoms with Gasteiger partial charge in [-0.15, -0.1) is 10.2 Å². The number of nitrogens with one attached hydrogen (secondary N) is 1. The first-order chi connectivity index (χ1) is 15.6. The van der Waals surface area contributed by atoms with E-state index in [0.717, 1.165) is 41.9 Å². The van der Waals surface area contributed by atoms with Crippen LogP contribution in [-0.2, 0) is 17.9 Å². The average molecular weight is 470 g/mol. The third-order valence-corrected chi connectivity index (χ3v) is 7.00. The minimum atomic E-state index is -0.327. The Kier molecular flexibility index (Phi) is 7.84. The molecule has 0 spiro atoms. The Morgan fingerprint density at radius 3 is 2.53 bits per heavy atom. The molecule has 1 amide bonds. The maximum absolute atomic E-state index is 12.8. The van der Waals surface area contributed by atoms with E-state index in [4.69, 9.17) is 11.6 Å². The van der Waals surface area contributed by atoms with Crippen LogP contribution >= 0.6 is 23.4 Å². The number of para-hydroxylation sites is 1. The van der Waals surface area contributed by atoms with E-state index in [1.54, 1.807) is 0 Å². The van der Waals surface area contributed by atoms with Gasteiger partial charge in [-0.2, -0.15) is 0 Å². The molecule has 6 nitrogen and oxygen atoms in total. The van der Waals surface area contributed by atoms with Gasteiger partial charge in [-0.3, -0.25) is 14.3 Å². The normalized spacial score (nSPS) is 15.4. The van der Waals surface area contributed by atoms with Gasteiger partial charge in [0.2, 0.25) is 5.91 Å². The molecule has 32 heavy (non-hydrogen) atoms. The van der Waals surface area contributed by atoms with Crippen LogP contribution in [0.2, 0.25) is 5.02 Å². The third kappa shape index (κ3) is 5.71. The van der Waals surface area contributed by atoms with Crippen molar-refractivity contribution in [2.45, 2.75) is 49.7 Å². The van der Waals surface area contributed by atoms with Gasteiger partial charge in [0.15, 0.2) is 11.0 Å². The van der Waals surface area contributed by atoms with Crippen LogP contribution in [0.5, 0.6) is 0 Å². The number of aromatic nitrogens is 3. The molecular weight excluding hydrogens is 442 g/mol. The molecule has 1 aliphatic heterocycles. The molecule has 1 atom stereocenters. The number of piperidine rings is 1. The summed E-state index contributed by atoms with van der Waals surface area (Å²) < 4.78 is 2.08. The van der Waals surface area contributed by atoms with E-state index in [2.05, 4.69) is 37.1 Å². The van der Waals surface area contributed by atoms with Crippen LogP contribution < -0.4 is 5.32 Å². The Morgan fingerprint density at radius 1 is 1.06 bits per heavy atom. The van der Waals surface area contributed by atoms with E-state index in [9.17, 15) is 4.79 Å². The second kappa shape index (κ2) is 11.0. The zero-order valence-electron chi connectivity index (χ0n) is 18.2. The molecule has 4 rings (SSSR count). The number of benzene rings is 2. The summed E-state index contributed by atoms with van der Waals surface area (Å²) >= 11 is 7.63. The zero-order valence-corrected chi connectivity index (χ0v) is 19.8. The minimum Gasteiger partial charge on any atom is -0.351 e. The highest BCUT2D eigenvalue weighted by atomic mass is 35.5. The predicted octanol–water partition coefficient (Wildman–Crippen LogP) is 4.70. The third-order valence-electron chi connectivity index (χ3n) is 5.59. The number of likely N-dealkylation sites (tertiary alicyclic amines) is 1. The van der Waals surface area contributed by atoms with Crippen molar-refractivity contribution in [2.24, 2.45) is 0 Å². The van der Waals surface area contributed by atoms with Crippen molar-refractivity contribution in [3.63, 3.8) is 0 Å². The zero-order chi connectivity index (χ0) is 22.3. The molecule has 0 bridgehead atoms. The standard InChI is InChI=1S/C24H28ClN5OS/c1-18(23(31)26-16-19-10-6-7-13-21(19)25)32-24-28-27-22(17-29-14-8-3-9-15-29)30(24)20-11-4-2-5-12-20/h2,4-7,10-13,18H,3,8-9,14-17H2,1H3,(H,26,31). The fourth-order valence-corrected chi connectivity index (χ4v) is 4.93. The van der Waals surface area contributed by atoms with E-state index in [1.165, 1.54) is 31.0 Å². The molecule has 0 radical (unpaired) electrons. The van der Waals surface area contributed by atoms with Gasteiger partial charge >= 0.3 is 0 Å². The van der Waals surface area contributed by atoms with Crippen LogP contribution in [0.15, 0.2) is 59.8 Å². The van der Waals surface area contributed by atoms with Crippen molar-refractivity contribution in [1.82, 2.24) is 25.0 Å². The maximum atomic E-state index is 12.8. The number of carbonyl (C=O) groups is 1. The van der Waals surface area contributed by atoms with E-state index in [0.29, 0.717) is 11.6 Å². The van der Waals surface area contributed by atoms with Gasteiger partial charge < -0.3 is 5.32 Å². The number of carbonyl (C=O) groups excluding carboxylic acids is 1. The van der Waals surface area contributed by atoms with Gasteiger partial charge in [-0.25, -0.2) is 0 Å². The molecule has 8 heteroatoms. The van der Waals surface area contributed by atoms with Crippen LogP contribution in [0.1, 0.15) is 37.6 Å². The SMILES string of the molecule is CC(Sc1nnc(CN2CCCCC2)n1-c1ccccc1)C(=O)NCc1ccccc1Cl. The largest absolute Gasteiger partial charge is 0.351 e. The average Bonchev–Trinajstić information content (AvgIpc) is 3.21. The molecule has 1 saturated heterocycles. The molecule has 2 aromatic carbocycles. The fraction of sp³-hybridized carbons (Fsp3) is 0.375. The van der Waals surface area contributed by atoms with E-state index in [-0.39, 0.29) is 11.2 Å². The van der Waals surface area contributed by atoms with Crippen LogP contribution in [0.25, 0.3) is 5.69 Å². The number of hydrogen-bond donors (Lipinski definition) is 1. The summed E-state index contributed by atoms with van der Waals surface area (Å²) in [6.45, 7) is 5.22. The molecular formula is C24H28ClN5OS. The molecule has 1 fully saturated rings. The van der Waals surface area contributed by atoms with Crippen molar-refractivity contribution in [3.05, 3.63) is 71.0 Å². The van der Waals surface area contributed by atoms with Crippen LogP contribution in [0.3, 0.4) is 0 Å². The second-order valence-electron chi connectivity index (χ2n) is 7.98. The smallest absolute Gasteiger partial charge is 0.233 e. The van der Waals surface area contributed by atoms with Crippen LogP contribution in [0.4, 0.5) is 0 Å². The molecule has 2 heterocycles.